The van der Waals surface area contributed by atoms with Crippen LogP contribution in [0.15, 0.2) is 77.8 Å². The Balaban J connectivity index is 1.70. The van der Waals surface area contributed by atoms with Crippen LogP contribution in [0.4, 0.5) is 0 Å². The van der Waals surface area contributed by atoms with Crippen LogP contribution >= 0.6 is 23.2 Å². The molecule has 1 atom stereocenters. The van der Waals surface area contributed by atoms with E-state index in [-0.39, 0.29) is 5.92 Å². The van der Waals surface area contributed by atoms with Gasteiger partial charge in [-0.25, -0.2) is 0 Å². The van der Waals surface area contributed by atoms with Gasteiger partial charge >= 0.3 is 0 Å². The molecule has 33 heavy (non-hydrogen) atoms. The maximum Gasteiger partial charge on any atom is 0.159 e. The zero-order chi connectivity index (χ0) is 22.9. The van der Waals surface area contributed by atoms with Gasteiger partial charge in [-0.2, -0.15) is 0 Å². The van der Waals surface area contributed by atoms with Crippen molar-refractivity contribution in [3.8, 4) is 5.69 Å². The van der Waals surface area contributed by atoms with Gasteiger partial charge in [-0.05, 0) is 50.0 Å². The minimum absolute atomic E-state index is 0.0445. The van der Waals surface area contributed by atoms with Gasteiger partial charge < -0.3 is 4.90 Å². The molecule has 0 aliphatic carbocycles. The summed E-state index contributed by atoms with van der Waals surface area (Å²) >= 11 is 12.6. The summed E-state index contributed by atoms with van der Waals surface area (Å²) in [5.41, 5.74) is 4.96. The highest BCUT2D eigenvalue weighted by Gasteiger charge is 2.28. The molecule has 0 radical (unpaired) electrons. The normalized spacial score (nSPS) is 13.8. The number of aliphatic imine (C=N–C) groups is 1. The fourth-order valence-corrected chi connectivity index (χ4v) is 4.59. The van der Waals surface area contributed by atoms with Gasteiger partial charge in [0.15, 0.2) is 5.82 Å². The van der Waals surface area contributed by atoms with E-state index in [0.29, 0.717) is 16.6 Å². The molecule has 1 aliphatic rings. The largest absolute Gasteiger partial charge is 0.308 e. The standard InChI is InChI=1S/C26H23Cl2N5/c1-32(2)16-22(17-6-4-3-5-7-17)26-31-30-24-15-29-25(18-8-10-19(27)11-9-18)21-14-20(28)12-13-23(21)33(24)26/h3-14,22H,15-16H2,1-2H3. The van der Waals surface area contributed by atoms with Crippen LogP contribution in [0.25, 0.3) is 5.69 Å². The van der Waals surface area contributed by atoms with Crippen LogP contribution in [0.2, 0.25) is 10.0 Å². The number of rotatable bonds is 5. The van der Waals surface area contributed by atoms with E-state index in [1.807, 2.05) is 48.5 Å². The molecule has 0 saturated heterocycles. The first-order chi connectivity index (χ1) is 16.0. The Bertz CT molecular complexity index is 1310. The van der Waals surface area contributed by atoms with E-state index in [4.69, 9.17) is 28.2 Å². The molecule has 0 N–H and O–H groups in total. The smallest absolute Gasteiger partial charge is 0.159 e. The minimum Gasteiger partial charge on any atom is -0.308 e. The molecule has 166 valence electrons. The van der Waals surface area contributed by atoms with Crippen molar-refractivity contribution in [2.45, 2.75) is 12.5 Å². The van der Waals surface area contributed by atoms with Crippen LogP contribution in [0, 0.1) is 0 Å². The van der Waals surface area contributed by atoms with Crippen LogP contribution in [0.1, 0.15) is 34.3 Å². The fourth-order valence-electron chi connectivity index (χ4n) is 4.29. The van der Waals surface area contributed by atoms with E-state index < -0.39 is 0 Å². The molecule has 0 fully saturated rings. The van der Waals surface area contributed by atoms with Crippen molar-refractivity contribution in [3.05, 3.63) is 111 Å². The summed E-state index contributed by atoms with van der Waals surface area (Å²) in [4.78, 5) is 7.11. The monoisotopic (exact) mass is 475 g/mol. The first kappa shape index (κ1) is 21.8. The van der Waals surface area contributed by atoms with Gasteiger partial charge in [0, 0.05) is 27.7 Å². The molecule has 0 bridgehead atoms. The van der Waals surface area contributed by atoms with Crippen LogP contribution in [0.5, 0.6) is 0 Å². The SMILES string of the molecule is CN(C)CC(c1ccccc1)c1nnc2n1-c1ccc(Cl)cc1C(c1ccc(Cl)cc1)=NC2. The maximum atomic E-state index is 6.45. The van der Waals surface area contributed by atoms with Gasteiger partial charge in [-0.15, -0.1) is 10.2 Å². The lowest BCUT2D eigenvalue weighted by Crippen LogP contribution is -2.24. The second-order valence-corrected chi connectivity index (χ2v) is 9.24. The fraction of sp³-hybridized carbons (Fsp3) is 0.192. The molecule has 3 aromatic carbocycles. The molecular weight excluding hydrogens is 453 g/mol. The lowest BCUT2D eigenvalue weighted by Gasteiger charge is -2.23. The van der Waals surface area contributed by atoms with Gasteiger partial charge in [0.25, 0.3) is 0 Å². The molecule has 0 amide bonds. The van der Waals surface area contributed by atoms with Crippen molar-refractivity contribution in [2.24, 2.45) is 4.99 Å². The van der Waals surface area contributed by atoms with Crippen LogP contribution < -0.4 is 0 Å². The number of hydrogen-bond donors (Lipinski definition) is 0. The third-order valence-electron chi connectivity index (χ3n) is 5.77. The van der Waals surface area contributed by atoms with E-state index in [9.17, 15) is 0 Å². The molecule has 7 heteroatoms. The van der Waals surface area contributed by atoms with Crippen molar-refractivity contribution in [3.63, 3.8) is 0 Å². The van der Waals surface area contributed by atoms with Crippen molar-refractivity contribution in [1.82, 2.24) is 19.7 Å². The van der Waals surface area contributed by atoms with Crippen molar-refractivity contribution < 1.29 is 0 Å². The molecule has 1 aliphatic heterocycles. The quantitative estimate of drug-likeness (QED) is 0.376. The molecule has 5 rings (SSSR count). The van der Waals surface area contributed by atoms with Crippen LogP contribution in [-0.4, -0.2) is 46.0 Å². The molecule has 0 spiro atoms. The topological polar surface area (TPSA) is 46.3 Å². The Morgan fingerprint density at radius 2 is 1.64 bits per heavy atom. The van der Waals surface area contributed by atoms with Crippen LogP contribution in [-0.2, 0) is 6.54 Å². The number of benzene rings is 3. The summed E-state index contributed by atoms with van der Waals surface area (Å²) < 4.78 is 2.15. The average Bonchev–Trinajstić information content (AvgIpc) is 3.15. The number of fused-ring (bicyclic) bond motifs is 3. The summed E-state index contributed by atoms with van der Waals surface area (Å²) in [7, 11) is 4.15. The highest BCUT2D eigenvalue weighted by atomic mass is 35.5. The lowest BCUT2D eigenvalue weighted by atomic mass is 9.96. The van der Waals surface area contributed by atoms with Gasteiger partial charge in [0.1, 0.15) is 12.4 Å². The number of halogens is 2. The maximum absolute atomic E-state index is 6.45. The Labute approximate surface area is 203 Å². The zero-order valence-corrected chi connectivity index (χ0v) is 19.9. The van der Waals surface area contributed by atoms with E-state index in [2.05, 4.69) is 58.0 Å². The summed E-state index contributed by atoms with van der Waals surface area (Å²) in [6.45, 7) is 1.22. The Morgan fingerprint density at radius 3 is 2.36 bits per heavy atom. The number of nitrogens with zero attached hydrogens (tertiary/aromatic N) is 5. The van der Waals surface area contributed by atoms with E-state index in [1.165, 1.54) is 5.56 Å². The zero-order valence-electron chi connectivity index (χ0n) is 18.4. The Morgan fingerprint density at radius 1 is 0.909 bits per heavy atom. The molecule has 4 aromatic rings. The van der Waals surface area contributed by atoms with E-state index in [1.54, 1.807) is 0 Å². The highest BCUT2D eigenvalue weighted by molar-refractivity contribution is 6.32. The van der Waals surface area contributed by atoms with Crippen molar-refractivity contribution >= 4 is 28.9 Å². The van der Waals surface area contributed by atoms with Gasteiger partial charge in [0.2, 0.25) is 0 Å². The Hall–Kier alpha value is -2.99. The second kappa shape index (κ2) is 9.10. The summed E-state index contributed by atoms with van der Waals surface area (Å²) in [5.74, 6) is 1.74. The number of aromatic nitrogens is 3. The minimum atomic E-state index is 0.0445. The van der Waals surface area contributed by atoms with Gasteiger partial charge in [-0.3, -0.25) is 9.56 Å². The molecular formula is C26H23Cl2N5. The number of hydrogen-bond acceptors (Lipinski definition) is 4. The molecule has 0 saturated carbocycles. The molecule has 1 unspecified atom stereocenters. The predicted octanol–water partition coefficient (Wildman–Crippen LogP) is 5.62. The predicted molar refractivity (Wildman–Crippen MR) is 134 cm³/mol. The van der Waals surface area contributed by atoms with Gasteiger partial charge in [-0.1, -0.05) is 65.7 Å². The first-order valence-corrected chi connectivity index (χ1v) is 11.5. The van der Waals surface area contributed by atoms with Gasteiger partial charge in [0.05, 0.1) is 17.3 Å². The lowest BCUT2D eigenvalue weighted by molar-refractivity contribution is 0.384. The first-order valence-electron chi connectivity index (χ1n) is 10.8. The summed E-state index contributed by atoms with van der Waals surface area (Å²) in [6.07, 6.45) is 0. The third kappa shape index (κ3) is 4.32. The van der Waals surface area contributed by atoms with Crippen LogP contribution in [0.3, 0.4) is 0 Å². The third-order valence-corrected chi connectivity index (χ3v) is 6.25. The number of likely N-dealkylation sites (N-methyl/N-ethyl adjacent to an activating group) is 1. The molecule has 2 heterocycles. The van der Waals surface area contributed by atoms with Crippen molar-refractivity contribution in [2.75, 3.05) is 20.6 Å². The summed E-state index contributed by atoms with van der Waals surface area (Å²) in [6, 6.07) is 24.1. The Kier molecular flexibility index (Phi) is 6.02. The average molecular weight is 476 g/mol. The summed E-state index contributed by atoms with van der Waals surface area (Å²) in [5, 5.41) is 10.6. The van der Waals surface area contributed by atoms with E-state index in [0.717, 1.165) is 40.7 Å². The van der Waals surface area contributed by atoms with Crippen molar-refractivity contribution in [1.29, 1.82) is 0 Å². The second-order valence-electron chi connectivity index (χ2n) is 8.37. The molecule has 1 aromatic heterocycles. The molecule has 5 nitrogen and oxygen atoms in total. The van der Waals surface area contributed by atoms with E-state index >= 15 is 0 Å². The highest BCUT2D eigenvalue weighted by Crippen LogP contribution is 2.32.